The number of hydrogen-bond donors (Lipinski definition) is 0. The van der Waals surface area contributed by atoms with E-state index in [0.29, 0.717) is 6.04 Å². The Morgan fingerprint density at radius 2 is 1.64 bits per heavy atom. The van der Waals surface area contributed by atoms with E-state index in [2.05, 4.69) is 52.1 Å². The van der Waals surface area contributed by atoms with Crippen LogP contribution in [0, 0.1) is 5.92 Å². The van der Waals surface area contributed by atoms with Crippen molar-refractivity contribution in [1.82, 2.24) is 14.9 Å². The summed E-state index contributed by atoms with van der Waals surface area (Å²) in [5.74, 6) is 1.68. The van der Waals surface area contributed by atoms with Gasteiger partial charge in [0.15, 0.2) is 0 Å². The number of anilines is 1. The van der Waals surface area contributed by atoms with Gasteiger partial charge in [0.25, 0.3) is 0 Å². The van der Waals surface area contributed by atoms with Crippen LogP contribution in [0.5, 0.6) is 0 Å². The lowest BCUT2D eigenvalue weighted by molar-refractivity contribution is -0.0436. The topological polar surface area (TPSA) is 13.0 Å². The molecule has 154 valence electrons. The molecule has 0 N–H and O–H groups in total. The summed E-state index contributed by atoms with van der Waals surface area (Å²) in [6.07, 6.45) is 9.90. The molecule has 2 aliphatic heterocycles. The summed E-state index contributed by atoms with van der Waals surface area (Å²) in [5.41, 5.74) is 4.72. The highest BCUT2D eigenvalue weighted by atomic mass is 15.6. The van der Waals surface area contributed by atoms with Crippen molar-refractivity contribution in [2.75, 3.05) is 58.3 Å². The fourth-order valence-corrected chi connectivity index (χ4v) is 6.18. The molecule has 2 heterocycles. The van der Waals surface area contributed by atoms with E-state index in [0.717, 1.165) is 24.9 Å². The Labute approximate surface area is 171 Å². The largest absolute Gasteiger partial charge is 0.369 e. The molecule has 5 rings (SSSR count). The third-order valence-corrected chi connectivity index (χ3v) is 8.07. The Morgan fingerprint density at radius 1 is 0.857 bits per heavy atom. The first-order valence-corrected chi connectivity index (χ1v) is 11.7. The molecule has 0 unspecified atom stereocenters. The molecule has 2 bridgehead atoms. The molecule has 28 heavy (non-hydrogen) atoms. The zero-order valence-electron chi connectivity index (χ0n) is 17.9. The number of benzene rings is 1. The summed E-state index contributed by atoms with van der Waals surface area (Å²) in [4.78, 5) is 5.04. The van der Waals surface area contributed by atoms with Crippen LogP contribution in [0.25, 0.3) is 0 Å². The van der Waals surface area contributed by atoms with Crippen molar-refractivity contribution in [3.05, 3.63) is 29.3 Å². The average Bonchev–Trinajstić information content (AvgIpc) is 3.01. The van der Waals surface area contributed by atoms with Crippen LogP contribution in [0.2, 0.25) is 0 Å². The first kappa shape index (κ1) is 18.9. The van der Waals surface area contributed by atoms with Gasteiger partial charge in [0.05, 0.1) is 6.04 Å². The Morgan fingerprint density at radius 3 is 2.43 bits per heavy atom. The van der Waals surface area contributed by atoms with Crippen LogP contribution in [0.3, 0.4) is 0 Å². The van der Waals surface area contributed by atoms with Crippen LogP contribution in [-0.4, -0.2) is 68.3 Å². The monoisotopic (exact) mass is 382 g/mol. The fraction of sp³-hybridized carbons (Fsp3) is 0.750. The van der Waals surface area contributed by atoms with E-state index in [1.807, 2.05) is 0 Å². The maximum atomic E-state index is 2.71. The predicted octanol–water partition coefficient (Wildman–Crippen LogP) is 4.10. The Bertz CT molecular complexity index is 675. The Kier molecular flexibility index (Phi) is 5.38. The molecule has 4 nitrogen and oxygen atoms in total. The molecule has 1 aromatic carbocycles. The van der Waals surface area contributed by atoms with E-state index >= 15 is 0 Å². The van der Waals surface area contributed by atoms with Crippen molar-refractivity contribution in [1.29, 1.82) is 0 Å². The van der Waals surface area contributed by atoms with E-state index in [1.165, 1.54) is 76.8 Å². The molecule has 1 saturated carbocycles. The van der Waals surface area contributed by atoms with Gasteiger partial charge in [-0.2, -0.15) is 0 Å². The van der Waals surface area contributed by atoms with Crippen LogP contribution in [-0.2, 0) is 0 Å². The molecule has 2 aliphatic carbocycles. The highest BCUT2D eigenvalue weighted by Crippen LogP contribution is 2.48. The number of piperazine rings is 1. The van der Waals surface area contributed by atoms with Gasteiger partial charge >= 0.3 is 0 Å². The van der Waals surface area contributed by atoms with Crippen molar-refractivity contribution in [2.24, 2.45) is 5.92 Å². The molecule has 1 aromatic rings. The highest BCUT2D eigenvalue weighted by molar-refractivity contribution is 5.54. The molecule has 2 atom stereocenters. The summed E-state index contributed by atoms with van der Waals surface area (Å²) in [7, 11) is 4.61. The number of hydrogen-bond acceptors (Lipinski definition) is 4. The first-order chi connectivity index (χ1) is 13.7. The lowest BCUT2D eigenvalue weighted by Gasteiger charge is -2.39. The molecule has 4 aliphatic rings. The van der Waals surface area contributed by atoms with E-state index in [9.17, 15) is 0 Å². The van der Waals surface area contributed by atoms with Gasteiger partial charge in [-0.3, -0.25) is 0 Å². The van der Waals surface area contributed by atoms with E-state index in [-0.39, 0.29) is 0 Å². The van der Waals surface area contributed by atoms with Crippen molar-refractivity contribution in [3.8, 4) is 0 Å². The van der Waals surface area contributed by atoms with Gasteiger partial charge in [-0.15, -0.1) is 0 Å². The molecular formula is C24H38N4. The van der Waals surface area contributed by atoms with E-state index < -0.39 is 0 Å². The second kappa shape index (κ2) is 7.97. The molecule has 2 saturated heterocycles. The normalized spacial score (nSPS) is 30.4. The van der Waals surface area contributed by atoms with Gasteiger partial charge in [0.1, 0.15) is 0 Å². The van der Waals surface area contributed by atoms with Gasteiger partial charge in [-0.05, 0) is 67.8 Å². The predicted molar refractivity (Wildman–Crippen MR) is 117 cm³/mol. The van der Waals surface area contributed by atoms with Crippen molar-refractivity contribution >= 4 is 5.69 Å². The summed E-state index contributed by atoms with van der Waals surface area (Å²) < 4.78 is 0. The number of rotatable bonds is 3. The van der Waals surface area contributed by atoms with Crippen molar-refractivity contribution in [3.63, 3.8) is 0 Å². The SMILES string of the molecule is CN1CCN(c2ccc3c(c2)[C@H]2C[C@H]3CCN(CC3CCCCC3)N2C)CC1. The van der Waals surface area contributed by atoms with Crippen LogP contribution in [0.15, 0.2) is 18.2 Å². The van der Waals surface area contributed by atoms with Crippen LogP contribution >= 0.6 is 0 Å². The molecule has 0 amide bonds. The molecule has 0 aromatic heterocycles. The Hall–Kier alpha value is -1.10. The molecule has 4 heteroatoms. The van der Waals surface area contributed by atoms with Crippen LogP contribution in [0.4, 0.5) is 5.69 Å². The third kappa shape index (κ3) is 3.59. The maximum absolute atomic E-state index is 2.71. The van der Waals surface area contributed by atoms with Crippen LogP contribution < -0.4 is 4.90 Å². The van der Waals surface area contributed by atoms with Gasteiger partial charge in [0, 0.05) is 52.0 Å². The molecule has 0 spiro atoms. The second-order valence-corrected chi connectivity index (χ2v) is 9.83. The standard InChI is InChI=1S/C24H38N4/c1-25-12-14-27(15-13-25)21-8-9-22-20-10-11-28(18-19-6-4-3-5-7-19)26(2)24(16-20)23(22)17-21/h8-9,17,19-20,24H,3-7,10-16,18H2,1-2H3/t20-,24-/m1/s1. The fourth-order valence-electron chi connectivity index (χ4n) is 6.18. The summed E-state index contributed by atoms with van der Waals surface area (Å²) in [5, 5.41) is 5.35. The lowest BCUT2D eigenvalue weighted by Crippen LogP contribution is -2.45. The molecular weight excluding hydrogens is 344 g/mol. The third-order valence-electron chi connectivity index (χ3n) is 8.07. The average molecular weight is 383 g/mol. The Balaban J connectivity index is 1.34. The minimum Gasteiger partial charge on any atom is -0.369 e. The summed E-state index contributed by atoms with van der Waals surface area (Å²) in [6.45, 7) is 7.21. The quantitative estimate of drug-likeness (QED) is 0.780. The molecule has 0 radical (unpaired) electrons. The first-order valence-electron chi connectivity index (χ1n) is 11.7. The zero-order chi connectivity index (χ0) is 19.1. The maximum Gasteiger partial charge on any atom is 0.0501 e. The minimum absolute atomic E-state index is 0.582. The lowest BCUT2D eigenvalue weighted by atomic mass is 9.89. The van der Waals surface area contributed by atoms with Crippen LogP contribution in [0.1, 0.15) is 68.0 Å². The van der Waals surface area contributed by atoms with E-state index in [1.54, 1.807) is 11.1 Å². The minimum atomic E-state index is 0.582. The second-order valence-electron chi connectivity index (χ2n) is 9.83. The number of nitrogens with zero attached hydrogens (tertiary/aromatic N) is 4. The smallest absolute Gasteiger partial charge is 0.0501 e. The van der Waals surface area contributed by atoms with Gasteiger partial charge in [-0.25, -0.2) is 10.0 Å². The summed E-state index contributed by atoms with van der Waals surface area (Å²) in [6, 6.07) is 8.00. The number of fused-ring (bicyclic) bond motifs is 5. The molecule has 3 fully saturated rings. The zero-order valence-corrected chi connectivity index (χ0v) is 17.9. The van der Waals surface area contributed by atoms with Crippen molar-refractivity contribution < 1.29 is 0 Å². The highest BCUT2D eigenvalue weighted by Gasteiger charge is 2.39. The number of hydrazine groups is 1. The van der Waals surface area contributed by atoms with Crippen molar-refractivity contribution in [2.45, 2.75) is 56.9 Å². The van der Waals surface area contributed by atoms with E-state index in [4.69, 9.17) is 0 Å². The van der Waals surface area contributed by atoms with Gasteiger partial charge < -0.3 is 9.80 Å². The summed E-state index contributed by atoms with van der Waals surface area (Å²) >= 11 is 0. The van der Waals surface area contributed by atoms with Gasteiger partial charge in [-0.1, -0.05) is 25.3 Å². The van der Waals surface area contributed by atoms with Gasteiger partial charge in [0.2, 0.25) is 0 Å². The number of likely N-dealkylation sites (N-methyl/N-ethyl adjacent to an activating group) is 1.